The molecule has 8 nitrogen and oxygen atoms in total. The van der Waals surface area contributed by atoms with Crippen LogP contribution in [0.4, 0.5) is 0 Å². The fourth-order valence-electron chi connectivity index (χ4n) is 11.2. The van der Waals surface area contributed by atoms with E-state index >= 15 is 0 Å². The summed E-state index contributed by atoms with van der Waals surface area (Å²) in [5.74, 6) is 1.21. The molecule has 0 aromatic carbocycles. The number of fused-ring (bicyclic) bond motifs is 3. The average molecular weight is 610 g/mol. The van der Waals surface area contributed by atoms with Crippen LogP contribution in [0.15, 0.2) is 11.8 Å². The van der Waals surface area contributed by atoms with Gasteiger partial charge in [-0.25, -0.2) is 0 Å². The molecule has 0 spiro atoms. The lowest BCUT2D eigenvalue weighted by molar-refractivity contribution is -0.200. The minimum absolute atomic E-state index is 0.00715. The Morgan fingerprint density at radius 3 is 2.43 bits per heavy atom. The van der Waals surface area contributed by atoms with Crippen LogP contribution in [0.1, 0.15) is 111 Å². The molecule has 1 amide bonds. The molecule has 4 heterocycles. The van der Waals surface area contributed by atoms with E-state index in [-0.39, 0.29) is 65.1 Å². The highest BCUT2D eigenvalue weighted by Crippen LogP contribution is 2.49. The first-order chi connectivity index (χ1) is 21.0. The summed E-state index contributed by atoms with van der Waals surface area (Å²) in [5.41, 5.74) is 0.246. The zero-order valence-electron chi connectivity index (χ0n) is 28.1. The third kappa shape index (κ3) is 6.02. The van der Waals surface area contributed by atoms with Gasteiger partial charge < -0.3 is 30.5 Å². The average Bonchev–Trinajstić information content (AvgIpc) is 3.36. The molecule has 4 aliphatic heterocycles. The zero-order valence-corrected chi connectivity index (χ0v) is 28.1. The van der Waals surface area contributed by atoms with Crippen molar-refractivity contribution in [1.29, 1.82) is 0 Å². The van der Waals surface area contributed by atoms with Gasteiger partial charge in [-0.2, -0.15) is 0 Å². The summed E-state index contributed by atoms with van der Waals surface area (Å²) in [6, 6.07) is 1.26. The number of nitrogens with zero attached hydrogens (tertiary/aromatic N) is 2. The van der Waals surface area contributed by atoms with Gasteiger partial charge in [0.1, 0.15) is 0 Å². The Balaban J connectivity index is 1.13. The third-order valence-electron chi connectivity index (χ3n) is 12.8. The number of carbonyl (C=O) groups is 2. The number of nitrogens with one attached hydrogen (secondary N) is 3. The van der Waals surface area contributed by atoms with E-state index in [4.69, 9.17) is 4.74 Å². The van der Waals surface area contributed by atoms with Crippen molar-refractivity contribution in [2.24, 2.45) is 17.8 Å². The number of ketones is 1. The summed E-state index contributed by atoms with van der Waals surface area (Å²) in [6.45, 7) is 11.0. The monoisotopic (exact) mass is 609 g/mol. The van der Waals surface area contributed by atoms with Crippen LogP contribution >= 0.6 is 0 Å². The summed E-state index contributed by atoms with van der Waals surface area (Å²) < 4.78 is 7.14. The zero-order chi connectivity index (χ0) is 30.8. The van der Waals surface area contributed by atoms with Crippen LogP contribution in [0.2, 0.25) is 0 Å². The van der Waals surface area contributed by atoms with Crippen LogP contribution < -0.4 is 16.0 Å². The number of morpholine rings is 1. The Kier molecular flexibility index (Phi) is 8.46. The van der Waals surface area contributed by atoms with Crippen molar-refractivity contribution in [3.63, 3.8) is 0 Å². The number of ether oxygens (including phenoxy) is 1. The number of piperidine rings is 1. The van der Waals surface area contributed by atoms with Crippen LogP contribution in [-0.4, -0.2) is 95.1 Å². The second-order valence-electron chi connectivity index (χ2n) is 17.1. The predicted octanol–water partition coefficient (Wildman–Crippen LogP) is 4.14. The van der Waals surface area contributed by atoms with Crippen molar-refractivity contribution in [3.05, 3.63) is 11.8 Å². The van der Waals surface area contributed by atoms with Crippen LogP contribution in [-0.2, 0) is 14.3 Å². The highest BCUT2D eigenvalue weighted by Gasteiger charge is 2.57. The molecular formula is C36H59N5O3. The quantitative estimate of drug-likeness (QED) is 0.391. The minimum atomic E-state index is -0.171. The first-order valence-electron chi connectivity index (χ1n) is 18.2. The number of carbonyl (C=O) groups excluding carboxylic acids is 2. The molecule has 3 saturated carbocycles. The maximum Gasteiger partial charge on any atom is 0.256 e. The molecule has 3 N–H and O–H groups in total. The number of likely N-dealkylation sites (tertiary alicyclic amines) is 1. The first-order valence-corrected chi connectivity index (χ1v) is 18.2. The third-order valence-corrected chi connectivity index (χ3v) is 12.8. The lowest BCUT2D eigenvalue weighted by atomic mass is 9.65. The Morgan fingerprint density at radius 1 is 1.00 bits per heavy atom. The molecule has 6 fully saturated rings. The summed E-state index contributed by atoms with van der Waals surface area (Å²) in [6.07, 6.45) is 17.0. The predicted molar refractivity (Wildman–Crippen MR) is 173 cm³/mol. The van der Waals surface area contributed by atoms with Gasteiger partial charge in [-0.05, 0) is 117 Å². The van der Waals surface area contributed by atoms with Gasteiger partial charge >= 0.3 is 0 Å². The number of hydrogen-bond acceptors (Lipinski definition) is 7. The molecule has 44 heavy (non-hydrogen) atoms. The highest BCUT2D eigenvalue weighted by atomic mass is 16.5. The Labute approximate surface area is 265 Å². The largest absolute Gasteiger partial charge is 0.369 e. The molecular weight excluding hydrogens is 550 g/mol. The van der Waals surface area contributed by atoms with E-state index in [1.807, 2.05) is 6.20 Å². The molecule has 0 aromatic rings. The lowest BCUT2D eigenvalue weighted by Crippen LogP contribution is -2.71. The molecule has 0 radical (unpaired) electrons. The molecule has 8 heteroatoms. The van der Waals surface area contributed by atoms with E-state index in [1.165, 1.54) is 51.5 Å². The molecule has 9 atom stereocenters. The fraction of sp³-hybridized carbons (Fsp3) is 0.889. The summed E-state index contributed by atoms with van der Waals surface area (Å²) >= 11 is 0. The van der Waals surface area contributed by atoms with Gasteiger partial charge in [0, 0.05) is 41.3 Å². The molecule has 3 saturated heterocycles. The molecule has 3 aliphatic carbocycles. The summed E-state index contributed by atoms with van der Waals surface area (Å²) in [7, 11) is 2.26. The highest BCUT2D eigenvalue weighted by molar-refractivity contribution is 6.20. The lowest BCUT2D eigenvalue weighted by Gasteiger charge is -2.60. The van der Waals surface area contributed by atoms with Crippen LogP contribution in [0.5, 0.6) is 0 Å². The van der Waals surface area contributed by atoms with E-state index in [1.54, 1.807) is 0 Å². The van der Waals surface area contributed by atoms with E-state index in [9.17, 15) is 9.59 Å². The molecule has 9 unspecified atom stereocenters. The van der Waals surface area contributed by atoms with E-state index in [0.717, 1.165) is 56.9 Å². The maximum atomic E-state index is 14.2. The van der Waals surface area contributed by atoms with Gasteiger partial charge in [-0.15, -0.1) is 0 Å². The minimum Gasteiger partial charge on any atom is -0.369 e. The Hall–Kier alpha value is -1.48. The SMILES string of the molecule is CN1CCCC1CCNC1CCC2C(=O)C(C(=O)NC3CC(C)(C)NC(C)(C)C3)=CN3C4CC5CCCCC5CC4OC1C23. The summed E-state index contributed by atoms with van der Waals surface area (Å²) in [4.78, 5) is 33.2. The van der Waals surface area contributed by atoms with E-state index in [0.29, 0.717) is 11.6 Å². The van der Waals surface area contributed by atoms with E-state index < -0.39 is 0 Å². The second-order valence-corrected chi connectivity index (χ2v) is 17.1. The molecule has 0 bridgehead atoms. The number of Topliss-reactive ketones (excluding diaryl/α,β-unsaturated/α-hetero) is 1. The topological polar surface area (TPSA) is 85.9 Å². The van der Waals surface area contributed by atoms with Crippen LogP contribution in [0.25, 0.3) is 0 Å². The maximum absolute atomic E-state index is 14.2. The van der Waals surface area contributed by atoms with Crippen molar-refractivity contribution >= 4 is 11.7 Å². The van der Waals surface area contributed by atoms with Gasteiger partial charge in [0.2, 0.25) is 0 Å². The van der Waals surface area contributed by atoms with Gasteiger partial charge in [0.05, 0.1) is 29.9 Å². The molecule has 246 valence electrons. The smallest absolute Gasteiger partial charge is 0.256 e. The Bertz CT molecular complexity index is 1120. The van der Waals surface area contributed by atoms with Crippen molar-refractivity contribution in [2.75, 3.05) is 20.1 Å². The van der Waals surface area contributed by atoms with Gasteiger partial charge in [-0.3, -0.25) is 9.59 Å². The molecule has 0 aromatic heterocycles. The van der Waals surface area contributed by atoms with Gasteiger partial charge in [-0.1, -0.05) is 25.7 Å². The molecule has 7 rings (SSSR count). The van der Waals surface area contributed by atoms with Crippen molar-refractivity contribution in [2.45, 2.75) is 165 Å². The summed E-state index contributed by atoms with van der Waals surface area (Å²) in [5, 5.41) is 11.0. The molecule has 7 aliphatic rings. The standard InChI is InChI=1S/C36H59N5O3/c1-35(2)19-24(20-36(3,4)39-35)38-34(43)27-21-41-29-17-22-9-6-7-10-23(22)18-30(29)44-33-28(13-12-26(31(33)41)32(27)42)37-15-14-25-11-8-16-40(25)5/h21-26,28-31,33,37,39H,6-20H2,1-5H3,(H,38,43). The van der Waals surface area contributed by atoms with Crippen LogP contribution in [0.3, 0.4) is 0 Å². The van der Waals surface area contributed by atoms with Gasteiger partial charge in [0.25, 0.3) is 5.91 Å². The van der Waals surface area contributed by atoms with Crippen molar-refractivity contribution in [1.82, 2.24) is 25.8 Å². The number of hydrogen-bond donors (Lipinski definition) is 3. The normalized spacial score (nSPS) is 41.8. The van der Waals surface area contributed by atoms with Crippen LogP contribution in [0, 0.1) is 17.8 Å². The second kappa shape index (κ2) is 12.0. The van der Waals surface area contributed by atoms with E-state index in [2.05, 4.69) is 60.5 Å². The van der Waals surface area contributed by atoms with Crippen molar-refractivity contribution in [3.8, 4) is 0 Å². The Morgan fingerprint density at radius 2 is 1.73 bits per heavy atom. The fourth-order valence-corrected chi connectivity index (χ4v) is 11.2. The number of amides is 1. The number of rotatable bonds is 6. The first kappa shape index (κ1) is 31.1. The van der Waals surface area contributed by atoms with Crippen molar-refractivity contribution < 1.29 is 14.3 Å². The van der Waals surface area contributed by atoms with Gasteiger partial charge in [0.15, 0.2) is 5.78 Å².